The summed E-state index contributed by atoms with van der Waals surface area (Å²) < 4.78 is 5.20. The van der Waals surface area contributed by atoms with Crippen LogP contribution >= 0.6 is 11.8 Å². The molecule has 2 aromatic carbocycles. The highest BCUT2D eigenvalue weighted by Gasteiger charge is 2.39. The van der Waals surface area contributed by atoms with E-state index in [0.29, 0.717) is 28.6 Å². The lowest BCUT2D eigenvalue weighted by Crippen LogP contribution is -2.32. The second kappa shape index (κ2) is 8.75. The van der Waals surface area contributed by atoms with Gasteiger partial charge in [-0.25, -0.2) is 0 Å². The zero-order valence-electron chi connectivity index (χ0n) is 15.6. The summed E-state index contributed by atoms with van der Waals surface area (Å²) in [6, 6.07) is 19.0. The lowest BCUT2D eigenvalue weighted by atomic mass is 10.1. The van der Waals surface area contributed by atoms with Gasteiger partial charge in [0.25, 0.3) is 5.69 Å². The number of thioether (sulfide) groups is 1. The maximum absolute atomic E-state index is 13.2. The molecular weight excluding hydrogens is 404 g/mol. The Labute approximate surface area is 176 Å². The first-order valence-corrected chi connectivity index (χ1v) is 9.93. The topological polar surface area (TPSA) is 101 Å². The van der Waals surface area contributed by atoms with Crippen molar-refractivity contribution >= 4 is 40.4 Å². The predicted molar refractivity (Wildman–Crippen MR) is 116 cm³/mol. The third-order valence-electron chi connectivity index (χ3n) is 4.36. The number of benzene rings is 2. The zero-order valence-corrected chi connectivity index (χ0v) is 16.4. The Balaban J connectivity index is 1.61. The molecule has 150 valence electrons. The molecule has 1 unspecified atom stereocenters. The number of non-ortho nitro benzene ring substituents is 1. The van der Waals surface area contributed by atoms with Crippen LogP contribution in [-0.2, 0) is 11.2 Å². The summed E-state index contributed by atoms with van der Waals surface area (Å²) in [5.74, 6) is 0.401. The summed E-state index contributed by atoms with van der Waals surface area (Å²) in [6.45, 7) is 0. The van der Waals surface area contributed by atoms with E-state index in [2.05, 4.69) is 10.2 Å². The number of nitro groups is 1. The molecule has 3 aromatic rings. The highest BCUT2D eigenvalue weighted by atomic mass is 32.2. The molecule has 0 spiro atoms. The van der Waals surface area contributed by atoms with Gasteiger partial charge in [0.1, 0.15) is 5.76 Å². The largest absolute Gasteiger partial charge is 0.463 e. The van der Waals surface area contributed by atoms with Crippen molar-refractivity contribution in [2.45, 2.75) is 11.7 Å². The minimum atomic E-state index is -0.468. The highest BCUT2D eigenvalue weighted by Crippen LogP contribution is 2.34. The third-order valence-corrected chi connectivity index (χ3v) is 5.49. The Morgan fingerprint density at radius 1 is 1.13 bits per heavy atom. The van der Waals surface area contributed by atoms with Crippen molar-refractivity contribution in [2.24, 2.45) is 10.2 Å². The van der Waals surface area contributed by atoms with Gasteiger partial charge >= 0.3 is 0 Å². The number of rotatable bonds is 6. The van der Waals surface area contributed by atoms with Crippen LogP contribution in [0.15, 0.2) is 87.6 Å². The number of hydrogen-bond donors (Lipinski definition) is 0. The molecule has 1 aliphatic rings. The molecule has 1 aromatic heterocycles. The first-order chi connectivity index (χ1) is 14.6. The molecule has 1 atom stereocenters. The van der Waals surface area contributed by atoms with E-state index in [-0.39, 0.29) is 11.6 Å². The van der Waals surface area contributed by atoms with Crippen LogP contribution in [0.2, 0.25) is 0 Å². The average molecular weight is 420 g/mol. The van der Waals surface area contributed by atoms with Gasteiger partial charge in [0.05, 0.1) is 28.3 Å². The van der Waals surface area contributed by atoms with E-state index < -0.39 is 10.2 Å². The number of amides is 1. The molecule has 9 heteroatoms. The van der Waals surface area contributed by atoms with E-state index in [1.807, 2.05) is 30.3 Å². The summed E-state index contributed by atoms with van der Waals surface area (Å²) in [5.41, 5.74) is 1.40. The number of para-hydroxylation sites is 1. The summed E-state index contributed by atoms with van der Waals surface area (Å²) in [5, 5.41) is 19.3. The molecule has 1 saturated heterocycles. The summed E-state index contributed by atoms with van der Waals surface area (Å²) in [6.07, 6.45) is 3.35. The van der Waals surface area contributed by atoms with Crippen LogP contribution in [-0.4, -0.2) is 27.5 Å². The van der Waals surface area contributed by atoms with Gasteiger partial charge in [-0.15, -0.1) is 5.10 Å². The second-order valence-electron chi connectivity index (χ2n) is 6.39. The Hall–Kier alpha value is -3.72. The van der Waals surface area contributed by atoms with Gasteiger partial charge in [0.15, 0.2) is 5.17 Å². The summed E-state index contributed by atoms with van der Waals surface area (Å²) >= 11 is 1.28. The van der Waals surface area contributed by atoms with Crippen molar-refractivity contribution in [2.75, 3.05) is 4.90 Å². The molecule has 1 fully saturated rings. The number of amidine groups is 1. The van der Waals surface area contributed by atoms with Crippen molar-refractivity contribution in [1.82, 2.24) is 0 Å². The van der Waals surface area contributed by atoms with Gasteiger partial charge in [-0.05, 0) is 36.2 Å². The Morgan fingerprint density at radius 3 is 2.70 bits per heavy atom. The van der Waals surface area contributed by atoms with E-state index in [1.54, 1.807) is 24.3 Å². The van der Waals surface area contributed by atoms with Crippen molar-refractivity contribution < 1.29 is 14.1 Å². The fourth-order valence-corrected chi connectivity index (χ4v) is 4.12. The first-order valence-electron chi connectivity index (χ1n) is 9.05. The maximum Gasteiger partial charge on any atom is 0.269 e. The van der Waals surface area contributed by atoms with Crippen LogP contribution in [0, 0.1) is 10.1 Å². The smallest absolute Gasteiger partial charge is 0.269 e. The first kappa shape index (κ1) is 19.6. The fourth-order valence-electron chi connectivity index (χ4n) is 2.99. The number of nitro benzene ring substituents is 1. The van der Waals surface area contributed by atoms with E-state index in [0.717, 1.165) is 0 Å². The molecule has 4 rings (SSSR count). The van der Waals surface area contributed by atoms with Crippen molar-refractivity contribution in [1.29, 1.82) is 0 Å². The quantitative estimate of drug-likeness (QED) is 0.337. The van der Waals surface area contributed by atoms with Crippen LogP contribution in [0.4, 0.5) is 11.4 Å². The fraction of sp³-hybridized carbons (Fsp3) is 0.0952. The highest BCUT2D eigenvalue weighted by molar-refractivity contribution is 8.16. The monoisotopic (exact) mass is 420 g/mol. The van der Waals surface area contributed by atoms with Gasteiger partial charge in [-0.3, -0.25) is 19.8 Å². The molecule has 1 aliphatic heterocycles. The van der Waals surface area contributed by atoms with Gasteiger partial charge in [-0.2, -0.15) is 5.10 Å². The number of carbonyl (C=O) groups excluding carboxylic acids is 1. The summed E-state index contributed by atoms with van der Waals surface area (Å²) in [4.78, 5) is 25.3. The molecule has 0 radical (unpaired) electrons. The minimum Gasteiger partial charge on any atom is -0.463 e. The van der Waals surface area contributed by atoms with Gasteiger partial charge in [0, 0.05) is 12.1 Å². The van der Waals surface area contributed by atoms with Crippen molar-refractivity contribution in [3.05, 3.63) is 94.4 Å². The van der Waals surface area contributed by atoms with Crippen LogP contribution in [0.3, 0.4) is 0 Å². The predicted octanol–water partition coefficient (Wildman–Crippen LogP) is 4.27. The number of furan rings is 1. The maximum atomic E-state index is 13.2. The molecule has 0 aliphatic carbocycles. The van der Waals surface area contributed by atoms with Crippen LogP contribution < -0.4 is 4.90 Å². The van der Waals surface area contributed by atoms with Crippen LogP contribution in [0.25, 0.3) is 0 Å². The van der Waals surface area contributed by atoms with Gasteiger partial charge in [0.2, 0.25) is 5.91 Å². The molecule has 0 bridgehead atoms. The van der Waals surface area contributed by atoms with Crippen LogP contribution in [0.5, 0.6) is 0 Å². The Bertz CT molecular complexity index is 1110. The Morgan fingerprint density at radius 2 is 1.97 bits per heavy atom. The van der Waals surface area contributed by atoms with E-state index in [1.165, 1.54) is 41.3 Å². The molecule has 1 amide bonds. The second-order valence-corrected chi connectivity index (χ2v) is 7.56. The van der Waals surface area contributed by atoms with E-state index in [9.17, 15) is 14.9 Å². The van der Waals surface area contributed by atoms with E-state index in [4.69, 9.17) is 4.42 Å². The molecule has 8 nitrogen and oxygen atoms in total. The van der Waals surface area contributed by atoms with Gasteiger partial charge in [-0.1, -0.05) is 42.1 Å². The lowest BCUT2D eigenvalue weighted by Gasteiger charge is -2.15. The van der Waals surface area contributed by atoms with Gasteiger partial charge < -0.3 is 4.42 Å². The number of anilines is 1. The van der Waals surface area contributed by atoms with Crippen molar-refractivity contribution in [3.8, 4) is 0 Å². The minimum absolute atomic E-state index is 0.000185. The molecule has 0 N–H and O–H groups in total. The summed E-state index contributed by atoms with van der Waals surface area (Å²) in [7, 11) is 0. The average Bonchev–Trinajstić information content (AvgIpc) is 3.37. The van der Waals surface area contributed by atoms with E-state index >= 15 is 0 Å². The Kier molecular flexibility index (Phi) is 5.71. The molecule has 30 heavy (non-hydrogen) atoms. The zero-order chi connectivity index (χ0) is 20.9. The number of nitrogens with zero attached hydrogens (tertiary/aromatic N) is 4. The normalized spacial score (nSPS) is 17.9. The molecule has 2 heterocycles. The third kappa shape index (κ3) is 4.31. The molecule has 0 saturated carbocycles. The molecular formula is C21H16N4O4S. The van der Waals surface area contributed by atoms with Crippen LogP contribution in [0.1, 0.15) is 11.3 Å². The number of carbonyl (C=O) groups is 1. The lowest BCUT2D eigenvalue weighted by molar-refractivity contribution is -0.384. The number of hydrogen-bond acceptors (Lipinski definition) is 7. The standard InChI is InChI=1S/C21H16N4O4S/c26-20-19(13-15-6-4-9-17(12-15)25(27)28)30-21(23-22-14-18-10-5-11-29-18)24(20)16-7-2-1-3-8-16/h1-12,14,19H,13H2/b22-14+,23-21-. The SMILES string of the molecule is O=C1C(Cc2cccc([N+](=O)[O-])c2)S/C(=N\N=C\c2ccco2)N1c1ccccc1. The van der Waals surface area contributed by atoms with Crippen molar-refractivity contribution in [3.63, 3.8) is 0 Å².